The molecule has 3 rings (SSSR count). The maximum atomic E-state index is 11.4. The number of aromatic nitrogens is 1. The summed E-state index contributed by atoms with van der Waals surface area (Å²) in [6, 6.07) is 0. The molecule has 1 saturated heterocycles. The number of hydrogen-bond donors (Lipinski definition) is 0. The van der Waals surface area contributed by atoms with Gasteiger partial charge in [-0.05, 0) is 19.3 Å². The van der Waals surface area contributed by atoms with Crippen molar-refractivity contribution in [1.29, 1.82) is 0 Å². The van der Waals surface area contributed by atoms with Crippen molar-refractivity contribution in [2.24, 2.45) is 0 Å². The Balaban J connectivity index is 1.73. The molecule has 1 atom stereocenters. The van der Waals surface area contributed by atoms with Crippen molar-refractivity contribution >= 4 is 32.8 Å². The molecule has 1 aromatic rings. The summed E-state index contributed by atoms with van der Waals surface area (Å²) in [5.74, 6) is 1.22. The molecule has 0 spiro atoms. The fraction of sp³-hybridized carbons (Fsp3) is 0.727. The van der Waals surface area contributed by atoms with Gasteiger partial charge in [-0.15, -0.1) is 22.9 Å². The van der Waals surface area contributed by atoms with E-state index < -0.39 is 9.84 Å². The second kappa shape index (κ2) is 4.21. The Bertz CT molecular complexity index is 519. The highest BCUT2D eigenvalue weighted by Crippen LogP contribution is 2.42. The van der Waals surface area contributed by atoms with E-state index in [4.69, 9.17) is 11.6 Å². The maximum absolute atomic E-state index is 11.4. The van der Waals surface area contributed by atoms with Crippen LogP contribution in [-0.2, 0) is 9.84 Å². The zero-order valence-corrected chi connectivity index (χ0v) is 11.7. The van der Waals surface area contributed by atoms with E-state index in [9.17, 15) is 8.42 Å². The lowest BCUT2D eigenvalue weighted by Gasteiger charge is -2.28. The second-order valence-corrected chi connectivity index (χ2v) is 8.71. The van der Waals surface area contributed by atoms with Gasteiger partial charge in [-0.2, -0.15) is 0 Å². The molecule has 0 N–H and O–H groups in total. The third-order valence-corrected chi connectivity index (χ3v) is 6.77. The molecule has 6 heteroatoms. The van der Waals surface area contributed by atoms with Crippen LogP contribution in [0.4, 0.5) is 0 Å². The first kappa shape index (κ1) is 11.9. The number of alkyl halides is 1. The van der Waals surface area contributed by atoms with Crippen LogP contribution in [0.2, 0.25) is 0 Å². The van der Waals surface area contributed by atoms with E-state index in [2.05, 4.69) is 4.98 Å². The van der Waals surface area contributed by atoms with Gasteiger partial charge < -0.3 is 0 Å². The van der Waals surface area contributed by atoms with Crippen molar-refractivity contribution < 1.29 is 8.42 Å². The topological polar surface area (TPSA) is 47.0 Å². The van der Waals surface area contributed by atoms with Gasteiger partial charge in [0.15, 0.2) is 9.84 Å². The molecule has 2 heterocycles. The van der Waals surface area contributed by atoms with Crippen LogP contribution in [-0.4, -0.2) is 30.3 Å². The molecule has 1 unspecified atom stereocenters. The second-order valence-electron chi connectivity index (χ2n) is 4.98. The summed E-state index contributed by atoms with van der Waals surface area (Å²) in [6.45, 7) is 0. The van der Waals surface area contributed by atoms with Crippen LogP contribution in [0.1, 0.15) is 41.8 Å². The zero-order valence-electron chi connectivity index (χ0n) is 9.30. The summed E-state index contributed by atoms with van der Waals surface area (Å²) in [7, 11) is -2.81. The SMILES string of the molecule is O=S1(=O)CCC(c2csc(C3CC(Cl)C3)n2)C1. The molecular weight excluding hydrogens is 278 g/mol. The van der Waals surface area contributed by atoms with Crippen molar-refractivity contribution in [3.63, 3.8) is 0 Å². The van der Waals surface area contributed by atoms with E-state index in [1.54, 1.807) is 11.3 Å². The van der Waals surface area contributed by atoms with E-state index in [0.717, 1.165) is 30.0 Å². The summed E-state index contributed by atoms with van der Waals surface area (Å²) >= 11 is 7.62. The summed E-state index contributed by atoms with van der Waals surface area (Å²) in [4.78, 5) is 4.61. The molecule has 94 valence electrons. The molecule has 0 radical (unpaired) electrons. The molecule has 1 aliphatic carbocycles. The van der Waals surface area contributed by atoms with E-state index in [1.807, 2.05) is 5.38 Å². The number of halogens is 1. The Labute approximate surface area is 110 Å². The van der Waals surface area contributed by atoms with Gasteiger partial charge in [0.05, 0.1) is 22.2 Å². The first-order valence-electron chi connectivity index (χ1n) is 5.83. The summed E-state index contributed by atoms with van der Waals surface area (Å²) in [5, 5.41) is 3.47. The molecule has 17 heavy (non-hydrogen) atoms. The Morgan fingerprint density at radius 2 is 2.12 bits per heavy atom. The Morgan fingerprint density at radius 3 is 2.71 bits per heavy atom. The normalized spacial score (nSPS) is 35.7. The zero-order chi connectivity index (χ0) is 12.0. The van der Waals surface area contributed by atoms with Crippen molar-refractivity contribution in [2.75, 3.05) is 11.5 Å². The van der Waals surface area contributed by atoms with E-state index >= 15 is 0 Å². The van der Waals surface area contributed by atoms with E-state index in [0.29, 0.717) is 17.0 Å². The minimum Gasteiger partial charge on any atom is -0.246 e. The minimum absolute atomic E-state index is 0.122. The Kier molecular flexibility index (Phi) is 2.96. The first-order valence-corrected chi connectivity index (χ1v) is 8.97. The van der Waals surface area contributed by atoms with Crippen molar-refractivity contribution in [3.8, 4) is 0 Å². The number of nitrogens with zero attached hydrogens (tertiary/aromatic N) is 1. The fourth-order valence-electron chi connectivity index (χ4n) is 2.45. The molecule has 2 fully saturated rings. The lowest BCUT2D eigenvalue weighted by atomic mass is 9.85. The van der Waals surface area contributed by atoms with Gasteiger partial charge in [-0.1, -0.05) is 0 Å². The van der Waals surface area contributed by atoms with Crippen molar-refractivity contribution in [3.05, 3.63) is 16.1 Å². The predicted molar refractivity (Wildman–Crippen MR) is 69.7 cm³/mol. The smallest absolute Gasteiger partial charge is 0.151 e. The maximum Gasteiger partial charge on any atom is 0.151 e. The quantitative estimate of drug-likeness (QED) is 0.787. The van der Waals surface area contributed by atoms with Crippen LogP contribution >= 0.6 is 22.9 Å². The number of sulfone groups is 1. The summed E-state index contributed by atoms with van der Waals surface area (Å²) in [6.07, 6.45) is 2.75. The van der Waals surface area contributed by atoms with Crippen LogP contribution in [0.25, 0.3) is 0 Å². The largest absolute Gasteiger partial charge is 0.246 e. The van der Waals surface area contributed by atoms with E-state index in [1.165, 1.54) is 0 Å². The molecule has 3 nitrogen and oxygen atoms in total. The fourth-order valence-corrected chi connectivity index (χ4v) is 5.67. The Morgan fingerprint density at radius 1 is 1.35 bits per heavy atom. The third kappa shape index (κ3) is 2.37. The van der Waals surface area contributed by atoms with Crippen LogP contribution < -0.4 is 0 Å². The number of rotatable bonds is 2. The van der Waals surface area contributed by atoms with Gasteiger partial charge in [0, 0.05) is 22.6 Å². The highest BCUT2D eigenvalue weighted by molar-refractivity contribution is 7.91. The average molecular weight is 292 g/mol. The molecule has 1 aliphatic heterocycles. The van der Waals surface area contributed by atoms with Crippen LogP contribution in [0.5, 0.6) is 0 Å². The van der Waals surface area contributed by atoms with Gasteiger partial charge >= 0.3 is 0 Å². The molecular formula is C11H14ClNO2S2. The van der Waals surface area contributed by atoms with Gasteiger partial charge in [0.2, 0.25) is 0 Å². The van der Waals surface area contributed by atoms with E-state index in [-0.39, 0.29) is 11.7 Å². The van der Waals surface area contributed by atoms with Crippen molar-refractivity contribution in [1.82, 2.24) is 4.98 Å². The van der Waals surface area contributed by atoms with Gasteiger partial charge in [0.1, 0.15) is 0 Å². The van der Waals surface area contributed by atoms with Crippen LogP contribution in [0.15, 0.2) is 5.38 Å². The lowest BCUT2D eigenvalue weighted by Crippen LogP contribution is -2.21. The van der Waals surface area contributed by atoms with Gasteiger partial charge in [-0.25, -0.2) is 13.4 Å². The Hall–Kier alpha value is -0.130. The predicted octanol–water partition coefficient (Wildman–Crippen LogP) is 2.53. The lowest BCUT2D eigenvalue weighted by molar-refractivity contribution is 0.426. The first-order chi connectivity index (χ1) is 8.03. The molecule has 0 bridgehead atoms. The van der Waals surface area contributed by atoms with Crippen LogP contribution in [0.3, 0.4) is 0 Å². The van der Waals surface area contributed by atoms with Gasteiger partial charge in [0.25, 0.3) is 0 Å². The molecule has 2 aliphatic rings. The molecule has 0 amide bonds. The summed E-state index contributed by atoms with van der Waals surface area (Å²) in [5.41, 5.74) is 0.976. The number of thiazole rings is 1. The minimum atomic E-state index is -2.81. The standard InChI is InChI=1S/C11H14ClNO2S2/c12-9-3-8(4-9)11-13-10(5-16-11)7-1-2-17(14,15)6-7/h5,7-9H,1-4,6H2. The average Bonchev–Trinajstić information content (AvgIpc) is 2.79. The third-order valence-electron chi connectivity index (χ3n) is 3.62. The summed E-state index contributed by atoms with van der Waals surface area (Å²) < 4.78 is 22.8. The molecule has 0 aromatic carbocycles. The van der Waals surface area contributed by atoms with Gasteiger partial charge in [-0.3, -0.25) is 0 Å². The van der Waals surface area contributed by atoms with Crippen molar-refractivity contribution in [2.45, 2.75) is 36.5 Å². The number of hydrogen-bond acceptors (Lipinski definition) is 4. The van der Waals surface area contributed by atoms with Crippen LogP contribution in [0, 0.1) is 0 Å². The molecule has 1 saturated carbocycles. The monoisotopic (exact) mass is 291 g/mol. The molecule has 1 aromatic heterocycles. The highest BCUT2D eigenvalue weighted by atomic mass is 35.5. The highest BCUT2D eigenvalue weighted by Gasteiger charge is 2.34.